The summed E-state index contributed by atoms with van der Waals surface area (Å²) in [4.78, 5) is 11.1. The van der Waals surface area contributed by atoms with Crippen molar-refractivity contribution in [2.45, 2.75) is 49.5 Å². The molecule has 1 saturated heterocycles. The van der Waals surface area contributed by atoms with E-state index in [2.05, 4.69) is 0 Å². The number of hydrogen-bond donors (Lipinski definition) is 1. The van der Waals surface area contributed by atoms with E-state index in [-0.39, 0.29) is 12.0 Å². The molecule has 0 aromatic carbocycles. The lowest BCUT2D eigenvalue weighted by Gasteiger charge is -2.23. The van der Waals surface area contributed by atoms with Gasteiger partial charge in [-0.1, -0.05) is 48.7 Å². The molecule has 4 atom stereocenters. The average molecular weight is 333 g/mol. The molecular weight excluding hydrogens is 316 g/mol. The number of nitrogens with one attached hydrogen (secondary N) is 1. The van der Waals surface area contributed by atoms with Crippen LogP contribution in [-0.2, 0) is 19.0 Å². The number of alkyl halides is 3. The third kappa shape index (κ3) is 4.38. The molecule has 8 heteroatoms. The molecule has 0 amide bonds. The van der Waals surface area contributed by atoms with Crippen molar-refractivity contribution in [2.24, 2.45) is 5.92 Å². The molecule has 1 rings (SSSR count). The number of carbonyl (C=O) groups excluding carboxylic acids is 1. The zero-order chi connectivity index (χ0) is 14.8. The SMILES string of the molecule is CC[C@H]1O[C@@H](OC(=N)C(Cl)(Cl)Cl)[C@@H](OC(C)=O)C1C. The standard InChI is InChI=1S/C11H16Cl3NO4/c1-4-7-5(2)8(17-6(3)16)9(18-7)19-10(15)11(12,13)14/h5,7-9,15H,4H2,1-3H3/t5?,7-,8+,9+/m1/s1. The van der Waals surface area contributed by atoms with E-state index in [1.165, 1.54) is 6.92 Å². The molecule has 0 radical (unpaired) electrons. The summed E-state index contributed by atoms with van der Waals surface area (Å²) in [5.41, 5.74) is 0. The van der Waals surface area contributed by atoms with Gasteiger partial charge in [-0.2, -0.15) is 0 Å². The summed E-state index contributed by atoms with van der Waals surface area (Å²) >= 11 is 16.6. The van der Waals surface area contributed by atoms with E-state index in [0.717, 1.165) is 6.42 Å². The number of hydrogen-bond acceptors (Lipinski definition) is 5. The van der Waals surface area contributed by atoms with E-state index in [9.17, 15) is 4.79 Å². The van der Waals surface area contributed by atoms with E-state index >= 15 is 0 Å². The van der Waals surface area contributed by atoms with Crippen LogP contribution in [0.1, 0.15) is 27.2 Å². The third-order valence-corrected chi connectivity index (χ3v) is 3.39. The molecule has 1 aliphatic rings. The second-order valence-corrected chi connectivity index (χ2v) is 6.61. The van der Waals surface area contributed by atoms with Crippen molar-refractivity contribution in [2.75, 3.05) is 0 Å². The zero-order valence-corrected chi connectivity index (χ0v) is 13.1. The van der Waals surface area contributed by atoms with Gasteiger partial charge >= 0.3 is 5.97 Å². The van der Waals surface area contributed by atoms with Crippen LogP contribution in [0.25, 0.3) is 0 Å². The Balaban J connectivity index is 2.79. The van der Waals surface area contributed by atoms with Crippen LogP contribution in [0.2, 0.25) is 0 Å². The van der Waals surface area contributed by atoms with Gasteiger partial charge in [-0.15, -0.1) is 0 Å². The Kier molecular flexibility index (Phi) is 5.74. The topological polar surface area (TPSA) is 68.6 Å². The summed E-state index contributed by atoms with van der Waals surface area (Å²) in [6.45, 7) is 5.11. The summed E-state index contributed by atoms with van der Waals surface area (Å²) < 4.78 is 14.0. The summed E-state index contributed by atoms with van der Waals surface area (Å²) in [6.07, 6.45) is -0.987. The minimum Gasteiger partial charge on any atom is -0.455 e. The van der Waals surface area contributed by atoms with Gasteiger partial charge in [0.1, 0.15) is 0 Å². The van der Waals surface area contributed by atoms with Gasteiger partial charge in [0.2, 0.25) is 12.2 Å². The molecule has 1 fully saturated rings. The molecule has 0 bridgehead atoms. The van der Waals surface area contributed by atoms with Gasteiger partial charge in [0.05, 0.1) is 6.10 Å². The quantitative estimate of drug-likeness (QED) is 0.373. The molecule has 1 unspecified atom stereocenters. The van der Waals surface area contributed by atoms with Crippen molar-refractivity contribution >= 4 is 46.7 Å². The molecule has 1 N–H and O–H groups in total. The van der Waals surface area contributed by atoms with Gasteiger partial charge in [-0.05, 0) is 6.42 Å². The summed E-state index contributed by atoms with van der Waals surface area (Å²) in [6, 6.07) is 0. The number of halogens is 3. The highest BCUT2D eigenvalue weighted by Gasteiger charge is 2.46. The summed E-state index contributed by atoms with van der Waals surface area (Å²) in [7, 11) is 0. The predicted molar refractivity (Wildman–Crippen MR) is 72.8 cm³/mol. The van der Waals surface area contributed by atoms with Crippen LogP contribution in [0.15, 0.2) is 0 Å². The van der Waals surface area contributed by atoms with E-state index in [0.29, 0.717) is 0 Å². The monoisotopic (exact) mass is 331 g/mol. The van der Waals surface area contributed by atoms with Gasteiger partial charge in [-0.25, -0.2) is 0 Å². The lowest BCUT2D eigenvalue weighted by molar-refractivity contribution is -0.165. The van der Waals surface area contributed by atoms with Gasteiger partial charge in [0, 0.05) is 12.8 Å². The summed E-state index contributed by atoms with van der Waals surface area (Å²) in [5, 5.41) is 7.53. The van der Waals surface area contributed by atoms with Crippen molar-refractivity contribution in [3.63, 3.8) is 0 Å². The van der Waals surface area contributed by atoms with Crippen LogP contribution in [-0.4, -0.2) is 34.2 Å². The minimum atomic E-state index is -1.97. The summed E-state index contributed by atoms with van der Waals surface area (Å²) in [5.74, 6) is -1.09. The smallest absolute Gasteiger partial charge is 0.303 e. The van der Waals surface area contributed by atoms with Crippen LogP contribution >= 0.6 is 34.8 Å². The Morgan fingerprint density at radius 3 is 2.37 bits per heavy atom. The Bertz CT molecular complexity index is 358. The fraction of sp³-hybridized carbons (Fsp3) is 0.818. The van der Waals surface area contributed by atoms with Crippen molar-refractivity contribution in [1.29, 1.82) is 5.41 Å². The van der Waals surface area contributed by atoms with Gasteiger partial charge in [0.15, 0.2) is 6.10 Å². The third-order valence-electron chi connectivity index (χ3n) is 2.88. The van der Waals surface area contributed by atoms with Crippen molar-refractivity contribution < 1.29 is 19.0 Å². The first-order chi connectivity index (χ1) is 8.66. The highest BCUT2D eigenvalue weighted by Crippen LogP contribution is 2.35. The zero-order valence-electron chi connectivity index (χ0n) is 10.8. The fourth-order valence-corrected chi connectivity index (χ4v) is 2.07. The number of carbonyl (C=O) groups is 1. The van der Waals surface area contributed by atoms with Crippen LogP contribution < -0.4 is 0 Å². The predicted octanol–water partition coefficient (Wildman–Crippen LogP) is 3.05. The molecule has 1 aliphatic heterocycles. The van der Waals surface area contributed by atoms with Crippen molar-refractivity contribution in [3.05, 3.63) is 0 Å². The maximum absolute atomic E-state index is 11.1. The Morgan fingerprint density at radius 1 is 1.37 bits per heavy atom. The maximum Gasteiger partial charge on any atom is 0.303 e. The molecule has 1 heterocycles. The lowest BCUT2D eigenvalue weighted by atomic mass is 9.99. The largest absolute Gasteiger partial charge is 0.455 e. The first-order valence-electron chi connectivity index (χ1n) is 5.81. The average Bonchev–Trinajstić information content (AvgIpc) is 2.55. The van der Waals surface area contributed by atoms with Crippen molar-refractivity contribution in [3.8, 4) is 0 Å². The molecule has 110 valence electrons. The molecule has 0 aliphatic carbocycles. The van der Waals surface area contributed by atoms with E-state index in [1.807, 2.05) is 13.8 Å². The molecule has 0 saturated carbocycles. The van der Waals surface area contributed by atoms with Gasteiger partial charge in [0.25, 0.3) is 3.79 Å². The number of rotatable bonds is 3. The Hall–Kier alpha value is -0.230. The normalized spacial score (nSPS) is 31.1. The Labute approximate surface area is 126 Å². The highest BCUT2D eigenvalue weighted by atomic mass is 35.6. The van der Waals surface area contributed by atoms with Gasteiger partial charge < -0.3 is 14.2 Å². The molecule has 5 nitrogen and oxygen atoms in total. The molecule has 0 aromatic rings. The van der Waals surface area contributed by atoms with Gasteiger partial charge in [-0.3, -0.25) is 10.2 Å². The van der Waals surface area contributed by atoms with E-state index < -0.39 is 28.1 Å². The van der Waals surface area contributed by atoms with E-state index in [1.54, 1.807) is 0 Å². The second kappa shape index (κ2) is 6.48. The second-order valence-electron chi connectivity index (χ2n) is 4.33. The first kappa shape index (κ1) is 16.8. The maximum atomic E-state index is 11.1. The van der Waals surface area contributed by atoms with Crippen LogP contribution in [0.3, 0.4) is 0 Å². The first-order valence-corrected chi connectivity index (χ1v) is 6.95. The Morgan fingerprint density at radius 2 is 1.95 bits per heavy atom. The minimum absolute atomic E-state index is 0.0675. The van der Waals surface area contributed by atoms with Crippen LogP contribution in [0.5, 0.6) is 0 Å². The highest BCUT2D eigenvalue weighted by molar-refractivity contribution is 6.76. The molecular formula is C11H16Cl3NO4. The molecule has 19 heavy (non-hydrogen) atoms. The van der Waals surface area contributed by atoms with Crippen molar-refractivity contribution in [1.82, 2.24) is 0 Å². The number of ether oxygens (including phenoxy) is 3. The van der Waals surface area contributed by atoms with Crippen LogP contribution in [0.4, 0.5) is 0 Å². The van der Waals surface area contributed by atoms with Crippen LogP contribution in [0, 0.1) is 11.3 Å². The number of esters is 1. The molecule has 0 spiro atoms. The fourth-order valence-electron chi connectivity index (χ4n) is 1.93. The lowest BCUT2D eigenvalue weighted by Crippen LogP contribution is -2.36. The van der Waals surface area contributed by atoms with E-state index in [4.69, 9.17) is 54.4 Å². The molecule has 0 aromatic heterocycles.